The molecule has 1 aromatic heterocycles. The molecule has 0 bridgehead atoms. The molecule has 0 saturated heterocycles. The van der Waals surface area contributed by atoms with Crippen LogP contribution >= 0.6 is 15.9 Å². The van der Waals surface area contributed by atoms with Crippen LogP contribution < -0.4 is 5.32 Å². The van der Waals surface area contributed by atoms with Crippen LogP contribution in [-0.2, 0) is 0 Å². The first-order valence-electron chi connectivity index (χ1n) is 5.72. The molecule has 2 rings (SSSR count). The van der Waals surface area contributed by atoms with Gasteiger partial charge in [0.2, 0.25) is 0 Å². The van der Waals surface area contributed by atoms with E-state index in [9.17, 15) is 5.11 Å². The summed E-state index contributed by atoms with van der Waals surface area (Å²) in [5, 5.41) is 13.0. The second kappa shape index (κ2) is 5.15. The van der Waals surface area contributed by atoms with Crippen molar-refractivity contribution in [1.29, 1.82) is 0 Å². The summed E-state index contributed by atoms with van der Waals surface area (Å²) < 4.78 is 1.03. The van der Waals surface area contributed by atoms with Gasteiger partial charge >= 0.3 is 0 Å². The average molecular weight is 285 g/mol. The number of aliphatic hydroxyl groups is 1. The standard InChI is InChI=1S/C12H17BrN2O/c1-8-10(13)5-6-12(15-8)14-7-9-3-2-4-11(9)16/h5-6,9,11,16H,2-4,7H2,1H3,(H,14,15). The van der Waals surface area contributed by atoms with E-state index in [1.807, 2.05) is 19.1 Å². The number of pyridine rings is 1. The Labute approximate surface area is 104 Å². The number of rotatable bonds is 3. The van der Waals surface area contributed by atoms with Gasteiger partial charge in [0.15, 0.2) is 0 Å². The van der Waals surface area contributed by atoms with Gasteiger partial charge in [0.05, 0.1) is 11.8 Å². The highest BCUT2D eigenvalue weighted by Gasteiger charge is 2.24. The molecule has 1 heterocycles. The van der Waals surface area contributed by atoms with Crippen molar-refractivity contribution in [3.63, 3.8) is 0 Å². The van der Waals surface area contributed by atoms with E-state index in [1.165, 1.54) is 0 Å². The van der Waals surface area contributed by atoms with Crippen LogP contribution in [0.1, 0.15) is 25.0 Å². The maximum atomic E-state index is 9.70. The van der Waals surface area contributed by atoms with Crippen LogP contribution in [0.2, 0.25) is 0 Å². The zero-order chi connectivity index (χ0) is 11.5. The molecule has 0 amide bonds. The van der Waals surface area contributed by atoms with Gasteiger partial charge in [-0.05, 0) is 47.8 Å². The highest BCUT2D eigenvalue weighted by molar-refractivity contribution is 9.10. The second-order valence-corrected chi connectivity index (χ2v) is 5.26. The lowest BCUT2D eigenvalue weighted by Gasteiger charge is -2.15. The topological polar surface area (TPSA) is 45.2 Å². The molecule has 2 unspecified atom stereocenters. The predicted octanol–water partition coefficient (Wildman–Crippen LogP) is 2.73. The van der Waals surface area contributed by atoms with Gasteiger partial charge in [-0.25, -0.2) is 4.98 Å². The van der Waals surface area contributed by atoms with Gasteiger partial charge in [-0.1, -0.05) is 6.42 Å². The summed E-state index contributed by atoms with van der Waals surface area (Å²) in [5.74, 6) is 1.27. The number of hydrogen-bond donors (Lipinski definition) is 2. The number of aliphatic hydroxyl groups excluding tert-OH is 1. The minimum Gasteiger partial charge on any atom is -0.393 e. The molecule has 0 aromatic carbocycles. The Kier molecular flexibility index (Phi) is 3.82. The summed E-state index contributed by atoms with van der Waals surface area (Å²) in [7, 11) is 0. The molecule has 0 radical (unpaired) electrons. The summed E-state index contributed by atoms with van der Waals surface area (Å²) in [6, 6.07) is 3.95. The van der Waals surface area contributed by atoms with E-state index in [4.69, 9.17) is 0 Å². The van der Waals surface area contributed by atoms with Gasteiger partial charge in [0.25, 0.3) is 0 Å². The fourth-order valence-corrected chi connectivity index (χ4v) is 2.35. The van der Waals surface area contributed by atoms with E-state index in [2.05, 4.69) is 26.2 Å². The summed E-state index contributed by atoms with van der Waals surface area (Å²) in [4.78, 5) is 4.42. The predicted molar refractivity (Wildman–Crippen MR) is 68.5 cm³/mol. The average Bonchev–Trinajstić information content (AvgIpc) is 2.66. The van der Waals surface area contributed by atoms with Crippen LogP contribution in [0.4, 0.5) is 5.82 Å². The highest BCUT2D eigenvalue weighted by atomic mass is 79.9. The number of aromatic nitrogens is 1. The smallest absolute Gasteiger partial charge is 0.126 e. The molecule has 88 valence electrons. The van der Waals surface area contributed by atoms with E-state index in [0.29, 0.717) is 5.92 Å². The van der Waals surface area contributed by atoms with Crippen molar-refractivity contribution in [2.45, 2.75) is 32.3 Å². The Morgan fingerprint density at radius 1 is 1.50 bits per heavy atom. The molecule has 1 fully saturated rings. The first kappa shape index (κ1) is 11.9. The van der Waals surface area contributed by atoms with Crippen LogP contribution in [0, 0.1) is 12.8 Å². The summed E-state index contributed by atoms with van der Waals surface area (Å²) in [6.45, 7) is 2.79. The van der Waals surface area contributed by atoms with E-state index in [-0.39, 0.29) is 6.10 Å². The van der Waals surface area contributed by atoms with Gasteiger partial charge in [0.1, 0.15) is 5.82 Å². The van der Waals surface area contributed by atoms with Crippen molar-refractivity contribution >= 4 is 21.7 Å². The summed E-state index contributed by atoms with van der Waals surface area (Å²) in [5.41, 5.74) is 0.983. The summed E-state index contributed by atoms with van der Waals surface area (Å²) >= 11 is 3.43. The largest absolute Gasteiger partial charge is 0.393 e. The first-order chi connectivity index (χ1) is 7.66. The summed E-state index contributed by atoms with van der Waals surface area (Å²) in [6.07, 6.45) is 3.06. The number of anilines is 1. The second-order valence-electron chi connectivity index (χ2n) is 4.40. The number of aryl methyl sites for hydroxylation is 1. The molecule has 3 nitrogen and oxygen atoms in total. The zero-order valence-electron chi connectivity index (χ0n) is 9.41. The molecule has 0 aliphatic heterocycles. The highest BCUT2D eigenvalue weighted by Crippen LogP contribution is 2.25. The Bertz CT molecular complexity index is 370. The lowest BCUT2D eigenvalue weighted by atomic mass is 10.1. The third kappa shape index (κ3) is 2.74. The van der Waals surface area contributed by atoms with Crippen LogP contribution in [0.3, 0.4) is 0 Å². The normalized spacial score (nSPS) is 24.7. The molecule has 1 aromatic rings. The third-order valence-corrected chi connectivity index (χ3v) is 4.02. The van der Waals surface area contributed by atoms with Crippen molar-refractivity contribution in [2.75, 3.05) is 11.9 Å². The molecule has 1 aliphatic carbocycles. The molecule has 16 heavy (non-hydrogen) atoms. The number of nitrogens with one attached hydrogen (secondary N) is 1. The molecule has 0 spiro atoms. The minimum atomic E-state index is -0.135. The molecular weight excluding hydrogens is 268 g/mol. The zero-order valence-corrected chi connectivity index (χ0v) is 11.0. The Morgan fingerprint density at radius 3 is 2.94 bits per heavy atom. The third-order valence-electron chi connectivity index (χ3n) is 3.19. The molecule has 2 N–H and O–H groups in total. The van der Waals surface area contributed by atoms with Crippen molar-refractivity contribution in [2.24, 2.45) is 5.92 Å². The monoisotopic (exact) mass is 284 g/mol. The van der Waals surface area contributed by atoms with E-state index >= 15 is 0 Å². The lowest BCUT2D eigenvalue weighted by Crippen LogP contribution is -2.22. The van der Waals surface area contributed by atoms with Gasteiger partial charge in [0, 0.05) is 16.9 Å². The van der Waals surface area contributed by atoms with Crippen LogP contribution in [0.15, 0.2) is 16.6 Å². The Morgan fingerprint density at radius 2 is 2.31 bits per heavy atom. The molecular formula is C12H17BrN2O. The number of nitrogens with zero attached hydrogens (tertiary/aromatic N) is 1. The van der Waals surface area contributed by atoms with Crippen molar-refractivity contribution in [3.8, 4) is 0 Å². The van der Waals surface area contributed by atoms with E-state index in [1.54, 1.807) is 0 Å². The minimum absolute atomic E-state index is 0.135. The van der Waals surface area contributed by atoms with Crippen molar-refractivity contribution < 1.29 is 5.11 Å². The molecule has 1 saturated carbocycles. The quantitative estimate of drug-likeness (QED) is 0.897. The fourth-order valence-electron chi connectivity index (χ4n) is 2.13. The molecule has 2 atom stereocenters. The van der Waals surface area contributed by atoms with Gasteiger partial charge in [-0.15, -0.1) is 0 Å². The maximum absolute atomic E-state index is 9.70. The van der Waals surface area contributed by atoms with Gasteiger partial charge in [-0.3, -0.25) is 0 Å². The fraction of sp³-hybridized carbons (Fsp3) is 0.583. The molecule has 1 aliphatic rings. The van der Waals surface area contributed by atoms with Crippen molar-refractivity contribution in [3.05, 3.63) is 22.3 Å². The van der Waals surface area contributed by atoms with Crippen LogP contribution in [-0.4, -0.2) is 22.7 Å². The van der Waals surface area contributed by atoms with Crippen LogP contribution in [0.25, 0.3) is 0 Å². The maximum Gasteiger partial charge on any atom is 0.126 e. The van der Waals surface area contributed by atoms with E-state index < -0.39 is 0 Å². The number of halogens is 1. The van der Waals surface area contributed by atoms with Gasteiger partial charge in [-0.2, -0.15) is 0 Å². The van der Waals surface area contributed by atoms with Crippen LogP contribution in [0.5, 0.6) is 0 Å². The molecule has 4 heteroatoms. The lowest BCUT2D eigenvalue weighted by molar-refractivity contribution is 0.138. The Balaban J connectivity index is 1.91. The first-order valence-corrected chi connectivity index (χ1v) is 6.51. The van der Waals surface area contributed by atoms with E-state index in [0.717, 1.165) is 41.8 Å². The SMILES string of the molecule is Cc1nc(NCC2CCCC2O)ccc1Br. The van der Waals surface area contributed by atoms with Crippen molar-refractivity contribution in [1.82, 2.24) is 4.98 Å². The van der Waals surface area contributed by atoms with Gasteiger partial charge < -0.3 is 10.4 Å². The Hall–Kier alpha value is -0.610. The number of hydrogen-bond acceptors (Lipinski definition) is 3.